The smallest absolute Gasteiger partial charge is 0.146 e. The van der Waals surface area contributed by atoms with Crippen LogP contribution in [0.3, 0.4) is 0 Å². The van der Waals surface area contributed by atoms with Gasteiger partial charge in [-0.1, -0.05) is 11.6 Å². The number of halogens is 1. The maximum absolute atomic E-state index is 8.86. The van der Waals surface area contributed by atoms with E-state index in [9.17, 15) is 0 Å². The highest BCUT2D eigenvalue weighted by Gasteiger charge is 2.06. The first-order chi connectivity index (χ1) is 9.70. The summed E-state index contributed by atoms with van der Waals surface area (Å²) in [7, 11) is 0. The molecule has 0 aliphatic rings. The van der Waals surface area contributed by atoms with Gasteiger partial charge in [-0.15, -0.1) is 0 Å². The van der Waals surface area contributed by atoms with Crippen LogP contribution in [0.25, 0.3) is 0 Å². The second-order valence-electron chi connectivity index (χ2n) is 3.98. The van der Waals surface area contributed by atoms with E-state index in [1.165, 1.54) is 6.20 Å². The van der Waals surface area contributed by atoms with Gasteiger partial charge in [-0.25, -0.2) is 4.98 Å². The van der Waals surface area contributed by atoms with E-state index >= 15 is 0 Å². The lowest BCUT2D eigenvalue weighted by atomic mass is 10.3. The van der Waals surface area contributed by atoms with Gasteiger partial charge < -0.3 is 15.8 Å². The SMILES string of the molecule is N#Cc1ccnc(NCCOc2ccc(N)cc2)c1Cl. The van der Waals surface area contributed by atoms with Gasteiger partial charge in [-0.2, -0.15) is 5.26 Å². The van der Waals surface area contributed by atoms with Crippen LogP contribution in [-0.2, 0) is 0 Å². The van der Waals surface area contributed by atoms with Crippen molar-refractivity contribution in [3.8, 4) is 11.8 Å². The highest BCUT2D eigenvalue weighted by molar-refractivity contribution is 6.34. The molecule has 0 atom stereocenters. The van der Waals surface area contributed by atoms with Crippen molar-refractivity contribution in [1.29, 1.82) is 5.26 Å². The Morgan fingerprint density at radius 1 is 1.30 bits per heavy atom. The van der Waals surface area contributed by atoms with E-state index in [1.54, 1.807) is 30.3 Å². The zero-order valence-electron chi connectivity index (χ0n) is 10.6. The van der Waals surface area contributed by atoms with Crippen molar-refractivity contribution in [1.82, 2.24) is 4.98 Å². The Bertz CT molecular complexity index is 622. The van der Waals surface area contributed by atoms with E-state index in [1.807, 2.05) is 6.07 Å². The summed E-state index contributed by atoms with van der Waals surface area (Å²) in [6.07, 6.45) is 1.54. The quantitative estimate of drug-likeness (QED) is 0.653. The Balaban J connectivity index is 1.85. The fourth-order valence-corrected chi connectivity index (χ4v) is 1.78. The number of nitrogen functional groups attached to an aromatic ring is 1. The molecule has 0 bridgehead atoms. The molecule has 0 saturated heterocycles. The third-order valence-electron chi connectivity index (χ3n) is 2.55. The van der Waals surface area contributed by atoms with Crippen molar-refractivity contribution in [2.45, 2.75) is 0 Å². The molecule has 0 saturated carbocycles. The number of nitriles is 1. The predicted molar refractivity (Wildman–Crippen MR) is 78.8 cm³/mol. The molecule has 20 heavy (non-hydrogen) atoms. The standard InChI is InChI=1S/C14H13ClN4O/c15-13-10(9-16)5-6-18-14(13)19-7-8-20-12-3-1-11(17)2-4-12/h1-6H,7-8,17H2,(H,18,19). The molecule has 5 nitrogen and oxygen atoms in total. The monoisotopic (exact) mass is 288 g/mol. The zero-order chi connectivity index (χ0) is 14.4. The van der Waals surface area contributed by atoms with E-state index in [-0.39, 0.29) is 0 Å². The molecule has 3 N–H and O–H groups in total. The Hall–Kier alpha value is -2.45. The van der Waals surface area contributed by atoms with Crippen molar-refractivity contribution in [3.63, 3.8) is 0 Å². The molecule has 1 aromatic carbocycles. The summed E-state index contributed by atoms with van der Waals surface area (Å²) in [6, 6.07) is 10.7. The Labute approximate surface area is 122 Å². The van der Waals surface area contributed by atoms with E-state index < -0.39 is 0 Å². The first-order valence-electron chi connectivity index (χ1n) is 5.97. The van der Waals surface area contributed by atoms with Crippen LogP contribution in [0.1, 0.15) is 5.56 Å². The number of hydrogen-bond donors (Lipinski definition) is 2. The van der Waals surface area contributed by atoms with Gasteiger partial charge >= 0.3 is 0 Å². The van der Waals surface area contributed by atoms with Crippen LogP contribution in [0, 0.1) is 11.3 Å². The van der Waals surface area contributed by atoms with Crippen molar-refractivity contribution in [2.24, 2.45) is 0 Å². The molecule has 102 valence electrons. The fourth-order valence-electron chi connectivity index (χ4n) is 1.56. The molecule has 0 fully saturated rings. The third-order valence-corrected chi connectivity index (χ3v) is 2.94. The molecule has 2 aromatic rings. The number of nitrogens with one attached hydrogen (secondary N) is 1. The summed E-state index contributed by atoms with van der Waals surface area (Å²) in [5.74, 6) is 1.22. The van der Waals surface area contributed by atoms with Gasteiger partial charge in [0.05, 0.1) is 12.1 Å². The normalized spacial score (nSPS) is 9.80. The molecule has 0 aliphatic heterocycles. The van der Waals surface area contributed by atoms with Gasteiger partial charge in [-0.05, 0) is 30.3 Å². The summed E-state index contributed by atoms with van der Waals surface area (Å²) >= 11 is 6.02. The highest BCUT2D eigenvalue weighted by Crippen LogP contribution is 2.22. The lowest BCUT2D eigenvalue weighted by Crippen LogP contribution is -2.12. The number of rotatable bonds is 5. The Morgan fingerprint density at radius 2 is 2.05 bits per heavy atom. The number of anilines is 2. The van der Waals surface area contributed by atoms with Crippen LogP contribution in [-0.4, -0.2) is 18.1 Å². The van der Waals surface area contributed by atoms with Gasteiger partial charge in [-0.3, -0.25) is 0 Å². The summed E-state index contributed by atoms with van der Waals surface area (Å²) in [6.45, 7) is 0.963. The minimum atomic E-state index is 0.322. The number of benzene rings is 1. The zero-order valence-corrected chi connectivity index (χ0v) is 11.4. The first kappa shape index (κ1) is 14.0. The van der Waals surface area contributed by atoms with Gasteiger partial charge in [0.2, 0.25) is 0 Å². The highest BCUT2D eigenvalue weighted by atomic mass is 35.5. The second kappa shape index (κ2) is 6.64. The van der Waals surface area contributed by atoms with Crippen molar-refractivity contribution in [3.05, 3.63) is 47.1 Å². The van der Waals surface area contributed by atoms with Gasteiger partial charge in [0, 0.05) is 11.9 Å². The molecule has 1 aromatic heterocycles. The topological polar surface area (TPSA) is 84.0 Å². The van der Waals surface area contributed by atoms with Crippen LogP contribution < -0.4 is 15.8 Å². The molecule has 0 radical (unpaired) electrons. The van der Waals surface area contributed by atoms with Crippen LogP contribution in [0.2, 0.25) is 5.02 Å². The third kappa shape index (κ3) is 3.53. The number of aromatic nitrogens is 1. The predicted octanol–water partition coefficient (Wildman–Crippen LogP) is 2.68. The van der Waals surface area contributed by atoms with Crippen LogP contribution in [0.15, 0.2) is 36.5 Å². The molecule has 2 rings (SSSR count). The van der Waals surface area contributed by atoms with Crippen molar-refractivity contribution < 1.29 is 4.74 Å². The molecule has 0 unspecified atom stereocenters. The maximum Gasteiger partial charge on any atom is 0.146 e. The lowest BCUT2D eigenvalue weighted by Gasteiger charge is -2.09. The summed E-state index contributed by atoms with van der Waals surface area (Å²) < 4.78 is 5.53. The Morgan fingerprint density at radius 3 is 2.75 bits per heavy atom. The molecular weight excluding hydrogens is 276 g/mol. The van der Waals surface area contributed by atoms with Crippen molar-refractivity contribution in [2.75, 3.05) is 24.2 Å². The number of nitrogens with zero attached hydrogens (tertiary/aromatic N) is 2. The van der Waals surface area contributed by atoms with Crippen LogP contribution >= 0.6 is 11.6 Å². The van der Waals surface area contributed by atoms with Gasteiger partial charge in [0.25, 0.3) is 0 Å². The number of hydrogen-bond acceptors (Lipinski definition) is 5. The minimum absolute atomic E-state index is 0.322. The molecular formula is C14H13ClN4O. The largest absolute Gasteiger partial charge is 0.492 e. The average molecular weight is 289 g/mol. The molecule has 0 aliphatic carbocycles. The molecule has 0 amide bonds. The number of ether oxygens (including phenoxy) is 1. The number of pyridine rings is 1. The van der Waals surface area contributed by atoms with Crippen molar-refractivity contribution >= 4 is 23.1 Å². The van der Waals surface area contributed by atoms with E-state index in [4.69, 9.17) is 27.3 Å². The first-order valence-corrected chi connectivity index (χ1v) is 6.35. The minimum Gasteiger partial charge on any atom is -0.492 e. The molecule has 0 spiro atoms. The van der Waals surface area contributed by atoms with E-state index in [2.05, 4.69) is 10.3 Å². The fraction of sp³-hybridized carbons (Fsp3) is 0.143. The van der Waals surface area contributed by atoms with Crippen LogP contribution in [0.5, 0.6) is 5.75 Å². The van der Waals surface area contributed by atoms with Gasteiger partial charge in [0.1, 0.15) is 29.3 Å². The summed E-state index contributed by atoms with van der Waals surface area (Å²) in [5, 5.41) is 12.2. The lowest BCUT2D eigenvalue weighted by molar-refractivity contribution is 0.333. The molecule has 6 heteroatoms. The second-order valence-corrected chi connectivity index (χ2v) is 4.36. The summed E-state index contributed by atoms with van der Waals surface area (Å²) in [4.78, 5) is 4.08. The Kier molecular flexibility index (Phi) is 4.64. The maximum atomic E-state index is 8.86. The van der Waals surface area contributed by atoms with Crippen LogP contribution in [0.4, 0.5) is 11.5 Å². The van der Waals surface area contributed by atoms with E-state index in [0.29, 0.717) is 35.2 Å². The van der Waals surface area contributed by atoms with Gasteiger partial charge in [0.15, 0.2) is 0 Å². The number of nitrogens with two attached hydrogens (primary N) is 1. The average Bonchev–Trinajstić information content (AvgIpc) is 2.47. The summed E-state index contributed by atoms with van der Waals surface area (Å²) in [5.41, 5.74) is 6.67. The molecule has 1 heterocycles. The van der Waals surface area contributed by atoms with E-state index in [0.717, 1.165) is 5.75 Å².